The minimum atomic E-state index is -0.201. The van der Waals surface area contributed by atoms with Crippen LogP contribution in [-0.4, -0.2) is 45.4 Å². The number of amides is 1. The van der Waals surface area contributed by atoms with Gasteiger partial charge in [0.25, 0.3) is 0 Å². The minimum Gasteiger partial charge on any atom is -0.380 e. The molecule has 0 aliphatic rings. The molecule has 0 aromatic carbocycles. The molecular formula is C9H20N2O3. The molecule has 2 atom stereocenters. The molecule has 0 aromatic rings. The third-order valence-electron chi connectivity index (χ3n) is 2.00. The molecule has 0 heterocycles. The smallest absolute Gasteiger partial charge is 0.222 e. The van der Waals surface area contributed by atoms with Crippen molar-refractivity contribution in [3.8, 4) is 0 Å². The Morgan fingerprint density at radius 2 is 2.07 bits per heavy atom. The molecule has 5 heteroatoms. The number of hydrogen-bond acceptors (Lipinski definition) is 4. The molecule has 0 aliphatic carbocycles. The Balaban J connectivity index is 3.64. The highest BCUT2D eigenvalue weighted by Crippen LogP contribution is 1.94. The second kappa shape index (κ2) is 7.73. The molecule has 2 unspecified atom stereocenters. The molecule has 0 aliphatic heterocycles. The first-order valence-corrected chi connectivity index (χ1v) is 4.66. The summed E-state index contributed by atoms with van der Waals surface area (Å²) >= 11 is 0. The molecule has 0 aromatic heterocycles. The van der Waals surface area contributed by atoms with E-state index in [9.17, 15) is 4.79 Å². The number of nitrogens with two attached hydrogens (primary N) is 1. The van der Waals surface area contributed by atoms with Crippen molar-refractivity contribution in [3.05, 3.63) is 0 Å². The monoisotopic (exact) mass is 204 g/mol. The number of nitrogens with one attached hydrogen (secondary N) is 1. The standard InChI is InChI=1S/C9H20N2O3/c1-7(13-2)6-11-9(12)4-8(5-10)14-3/h7-8H,4-6,10H2,1-3H3,(H,11,12). The summed E-state index contributed by atoms with van der Waals surface area (Å²) in [5.74, 6) is -0.0637. The number of methoxy groups -OCH3 is 2. The molecule has 0 spiro atoms. The van der Waals surface area contributed by atoms with Crippen molar-refractivity contribution in [1.82, 2.24) is 5.32 Å². The fourth-order valence-electron chi connectivity index (χ4n) is 0.883. The Labute approximate surface area is 84.9 Å². The highest BCUT2D eigenvalue weighted by Gasteiger charge is 2.11. The predicted molar refractivity (Wildman–Crippen MR) is 53.9 cm³/mol. The summed E-state index contributed by atoms with van der Waals surface area (Å²) in [6, 6.07) is 0. The maximum absolute atomic E-state index is 11.3. The van der Waals surface area contributed by atoms with Crippen molar-refractivity contribution >= 4 is 5.91 Å². The number of ether oxygens (including phenoxy) is 2. The van der Waals surface area contributed by atoms with Gasteiger partial charge in [-0.3, -0.25) is 4.79 Å². The second-order valence-corrected chi connectivity index (χ2v) is 3.15. The molecule has 1 amide bonds. The Morgan fingerprint density at radius 3 is 2.50 bits per heavy atom. The van der Waals surface area contributed by atoms with Gasteiger partial charge in [0.05, 0.1) is 18.6 Å². The zero-order valence-corrected chi connectivity index (χ0v) is 9.08. The highest BCUT2D eigenvalue weighted by molar-refractivity contribution is 5.76. The van der Waals surface area contributed by atoms with Gasteiger partial charge in [-0.1, -0.05) is 0 Å². The zero-order chi connectivity index (χ0) is 11.0. The summed E-state index contributed by atoms with van der Waals surface area (Å²) < 4.78 is 9.97. The van der Waals surface area contributed by atoms with Crippen molar-refractivity contribution in [2.24, 2.45) is 5.73 Å². The van der Waals surface area contributed by atoms with Crippen LogP contribution in [0.2, 0.25) is 0 Å². The molecule has 3 N–H and O–H groups in total. The molecule has 0 saturated heterocycles. The Hall–Kier alpha value is -0.650. The van der Waals surface area contributed by atoms with Gasteiger partial charge < -0.3 is 20.5 Å². The van der Waals surface area contributed by atoms with Crippen molar-refractivity contribution in [2.45, 2.75) is 25.6 Å². The quantitative estimate of drug-likeness (QED) is 0.586. The van der Waals surface area contributed by atoms with Crippen molar-refractivity contribution in [3.63, 3.8) is 0 Å². The summed E-state index contributed by atoms with van der Waals surface area (Å²) in [6.07, 6.45) is 0.120. The SMILES string of the molecule is COC(C)CNC(=O)CC(CN)OC. The van der Waals surface area contributed by atoms with E-state index in [2.05, 4.69) is 5.32 Å². The molecule has 0 fully saturated rings. The summed E-state index contributed by atoms with van der Waals surface area (Å²) in [7, 11) is 3.15. The van der Waals surface area contributed by atoms with Gasteiger partial charge in [0, 0.05) is 27.3 Å². The lowest BCUT2D eigenvalue weighted by Crippen LogP contribution is -2.35. The number of carbonyl (C=O) groups excluding carboxylic acids is 1. The molecule has 0 bridgehead atoms. The van der Waals surface area contributed by atoms with Gasteiger partial charge in [0.15, 0.2) is 0 Å². The first-order chi connectivity index (χ1) is 6.63. The average molecular weight is 204 g/mol. The number of rotatable bonds is 7. The Kier molecular flexibility index (Phi) is 7.37. The van der Waals surface area contributed by atoms with Crippen LogP contribution >= 0.6 is 0 Å². The summed E-state index contributed by atoms with van der Waals surface area (Å²) in [6.45, 7) is 2.75. The van der Waals surface area contributed by atoms with E-state index in [0.717, 1.165) is 0 Å². The molecule has 5 nitrogen and oxygen atoms in total. The fraction of sp³-hybridized carbons (Fsp3) is 0.889. The first kappa shape index (κ1) is 13.4. The van der Waals surface area contributed by atoms with E-state index in [4.69, 9.17) is 15.2 Å². The van der Waals surface area contributed by atoms with Gasteiger partial charge >= 0.3 is 0 Å². The number of hydrogen-bond donors (Lipinski definition) is 2. The van der Waals surface area contributed by atoms with Gasteiger partial charge in [0.2, 0.25) is 5.91 Å². The van der Waals surface area contributed by atoms with Crippen LogP contribution in [0.25, 0.3) is 0 Å². The van der Waals surface area contributed by atoms with Gasteiger partial charge in [-0.25, -0.2) is 0 Å². The highest BCUT2D eigenvalue weighted by atomic mass is 16.5. The van der Waals surface area contributed by atoms with Crippen LogP contribution in [0, 0.1) is 0 Å². The molecule has 0 rings (SSSR count). The van der Waals surface area contributed by atoms with Gasteiger partial charge in [-0.2, -0.15) is 0 Å². The van der Waals surface area contributed by atoms with Gasteiger partial charge in [0.1, 0.15) is 0 Å². The lowest BCUT2D eigenvalue weighted by molar-refractivity contribution is -0.123. The topological polar surface area (TPSA) is 73.6 Å². The lowest BCUT2D eigenvalue weighted by Gasteiger charge is -2.14. The molecule has 0 radical (unpaired) electrons. The van der Waals surface area contributed by atoms with Crippen molar-refractivity contribution in [1.29, 1.82) is 0 Å². The van der Waals surface area contributed by atoms with Crippen LogP contribution in [0.3, 0.4) is 0 Å². The first-order valence-electron chi connectivity index (χ1n) is 4.66. The van der Waals surface area contributed by atoms with Crippen LogP contribution in [0.4, 0.5) is 0 Å². The third-order valence-corrected chi connectivity index (χ3v) is 2.00. The van der Waals surface area contributed by atoms with Crippen LogP contribution < -0.4 is 11.1 Å². The molecule has 0 saturated carbocycles. The van der Waals surface area contributed by atoms with E-state index in [1.54, 1.807) is 14.2 Å². The van der Waals surface area contributed by atoms with Crippen LogP contribution in [0.5, 0.6) is 0 Å². The summed E-state index contributed by atoms with van der Waals surface area (Å²) in [5, 5.41) is 2.73. The van der Waals surface area contributed by atoms with E-state index in [1.165, 1.54) is 0 Å². The van der Waals surface area contributed by atoms with Crippen LogP contribution in [0.15, 0.2) is 0 Å². The van der Waals surface area contributed by atoms with E-state index in [1.807, 2.05) is 6.92 Å². The maximum atomic E-state index is 11.3. The fourth-order valence-corrected chi connectivity index (χ4v) is 0.883. The minimum absolute atomic E-state index is 0.0258. The Bertz CT molecular complexity index is 160. The normalized spacial score (nSPS) is 14.9. The van der Waals surface area contributed by atoms with Crippen molar-refractivity contribution < 1.29 is 14.3 Å². The largest absolute Gasteiger partial charge is 0.380 e. The predicted octanol–water partition coefficient (Wildman–Crippen LogP) is -0.499. The van der Waals surface area contributed by atoms with E-state index < -0.39 is 0 Å². The van der Waals surface area contributed by atoms with Crippen LogP contribution in [-0.2, 0) is 14.3 Å². The second-order valence-electron chi connectivity index (χ2n) is 3.15. The Morgan fingerprint density at radius 1 is 1.43 bits per heavy atom. The number of carbonyl (C=O) groups is 1. The third kappa shape index (κ3) is 5.90. The average Bonchev–Trinajstić information content (AvgIpc) is 2.22. The molecule has 84 valence electrons. The van der Waals surface area contributed by atoms with E-state index in [0.29, 0.717) is 19.5 Å². The summed E-state index contributed by atoms with van der Waals surface area (Å²) in [5.41, 5.74) is 5.38. The lowest BCUT2D eigenvalue weighted by atomic mass is 10.2. The van der Waals surface area contributed by atoms with E-state index in [-0.39, 0.29) is 18.1 Å². The van der Waals surface area contributed by atoms with Crippen LogP contribution in [0.1, 0.15) is 13.3 Å². The molecular weight excluding hydrogens is 184 g/mol. The maximum Gasteiger partial charge on any atom is 0.222 e. The van der Waals surface area contributed by atoms with Gasteiger partial charge in [-0.05, 0) is 6.92 Å². The van der Waals surface area contributed by atoms with E-state index >= 15 is 0 Å². The van der Waals surface area contributed by atoms with Crippen molar-refractivity contribution in [2.75, 3.05) is 27.3 Å². The van der Waals surface area contributed by atoms with Gasteiger partial charge in [-0.15, -0.1) is 0 Å². The zero-order valence-electron chi connectivity index (χ0n) is 9.08. The molecule has 14 heavy (non-hydrogen) atoms. The summed E-state index contributed by atoms with van der Waals surface area (Å²) in [4.78, 5) is 11.3.